The molecule has 0 spiro atoms. The highest BCUT2D eigenvalue weighted by atomic mass is 16.2. The van der Waals surface area contributed by atoms with Gasteiger partial charge in [0.1, 0.15) is 11.6 Å². The summed E-state index contributed by atoms with van der Waals surface area (Å²) in [7, 11) is 7.21. The highest BCUT2D eigenvalue weighted by Crippen LogP contribution is 2.27. The zero-order chi connectivity index (χ0) is 26.8. The van der Waals surface area contributed by atoms with Gasteiger partial charge < -0.3 is 25.0 Å². The van der Waals surface area contributed by atoms with Crippen molar-refractivity contribution in [3.05, 3.63) is 77.5 Å². The molecule has 4 aromatic rings. The predicted molar refractivity (Wildman–Crippen MR) is 145 cm³/mol. The summed E-state index contributed by atoms with van der Waals surface area (Å²) in [5, 5.41) is 10.3. The molecule has 0 saturated carbocycles. The van der Waals surface area contributed by atoms with E-state index in [1.807, 2.05) is 67.5 Å². The van der Waals surface area contributed by atoms with Crippen molar-refractivity contribution in [1.29, 1.82) is 0 Å². The van der Waals surface area contributed by atoms with Crippen LogP contribution in [0.2, 0.25) is 0 Å². The van der Waals surface area contributed by atoms with Crippen molar-refractivity contribution in [3.8, 4) is 11.4 Å². The molecule has 1 aromatic carbocycles. The van der Waals surface area contributed by atoms with E-state index in [0.29, 0.717) is 24.5 Å². The first-order chi connectivity index (χ1) is 18.3. The van der Waals surface area contributed by atoms with Crippen LogP contribution in [0.25, 0.3) is 11.4 Å². The van der Waals surface area contributed by atoms with Crippen LogP contribution in [-0.4, -0.2) is 61.8 Å². The van der Waals surface area contributed by atoms with Crippen molar-refractivity contribution in [2.75, 3.05) is 30.9 Å². The number of aryl methyl sites for hydroxylation is 2. The summed E-state index contributed by atoms with van der Waals surface area (Å²) in [5.41, 5.74) is 4.99. The standard InChI is InChI=1S/C27H31N9O2/c1-33(2)27(38)31-20-8-5-18(6-9-20)15-30-26(37)24-21-17-36(13-11-22(21)35(4)32-24)23-10-7-19(16-29-23)25-28-12-14-34(25)3/h5-10,12,14,16H,11,13,15,17H2,1-4H3,(H,30,37)(H,31,38). The summed E-state index contributed by atoms with van der Waals surface area (Å²) >= 11 is 0. The van der Waals surface area contributed by atoms with Gasteiger partial charge in [-0.25, -0.2) is 14.8 Å². The Bertz CT molecular complexity index is 1450. The number of imidazole rings is 1. The second-order valence-corrected chi connectivity index (χ2v) is 9.54. The molecule has 0 unspecified atom stereocenters. The van der Waals surface area contributed by atoms with Gasteiger partial charge in [0.15, 0.2) is 5.69 Å². The third-order valence-electron chi connectivity index (χ3n) is 6.67. The zero-order valence-electron chi connectivity index (χ0n) is 22.0. The van der Waals surface area contributed by atoms with E-state index in [1.54, 1.807) is 25.0 Å². The third kappa shape index (κ3) is 5.08. The molecule has 1 aliphatic rings. The molecule has 0 fully saturated rings. The molecule has 5 rings (SSSR count). The molecule has 1 aliphatic heterocycles. The number of rotatable bonds is 6. The number of carbonyl (C=O) groups excluding carboxylic acids is 2. The fraction of sp³-hybridized carbons (Fsp3) is 0.296. The Morgan fingerprint density at radius 1 is 1.05 bits per heavy atom. The van der Waals surface area contributed by atoms with Gasteiger partial charge in [-0.2, -0.15) is 5.10 Å². The minimum absolute atomic E-state index is 0.195. The average molecular weight is 514 g/mol. The van der Waals surface area contributed by atoms with E-state index in [4.69, 9.17) is 0 Å². The quantitative estimate of drug-likeness (QED) is 0.410. The summed E-state index contributed by atoms with van der Waals surface area (Å²) in [5.74, 6) is 1.50. The molecule has 38 heavy (non-hydrogen) atoms. The lowest BCUT2D eigenvalue weighted by Gasteiger charge is -2.28. The molecule has 196 valence electrons. The van der Waals surface area contributed by atoms with Crippen LogP contribution in [-0.2, 0) is 33.6 Å². The second kappa shape index (κ2) is 10.4. The lowest BCUT2D eigenvalue weighted by molar-refractivity contribution is 0.0944. The minimum atomic E-state index is -0.216. The van der Waals surface area contributed by atoms with Crippen molar-refractivity contribution >= 4 is 23.4 Å². The maximum Gasteiger partial charge on any atom is 0.321 e. The summed E-state index contributed by atoms with van der Waals surface area (Å²) in [4.78, 5) is 37.7. The Kier molecular flexibility index (Phi) is 6.82. The first-order valence-electron chi connectivity index (χ1n) is 12.4. The van der Waals surface area contributed by atoms with Gasteiger partial charge in [0, 0.05) is 95.3 Å². The van der Waals surface area contributed by atoms with E-state index in [2.05, 4.69) is 30.6 Å². The molecule has 11 nitrogen and oxygen atoms in total. The number of urea groups is 1. The number of hydrogen-bond donors (Lipinski definition) is 2. The number of pyridine rings is 1. The predicted octanol–water partition coefficient (Wildman–Crippen LogP) is 2.80. The molecule has 0 bridgehead atoms. The number of nitrogens with one attached hydrogen (secondary N) is 2. The van der Waals surface area contributed by atoms with Crippen LogP contribution in [0.1, 0.15) is 27.3 Å². The smallest absolute Gasteiger partial charge is 0.321 e. The number of benzene rings is 1. The maximum absolute atomic E-state index is 13.1. The van der Waals surface area contributed by atoms with Gasteiger partial charge in [0.2, 0.25) is 0 Å². The van der Waals surface area contributed by atoms with Crippen molar-refractivity contribution in [3.63, 3.8) is 0 Å². The Morgan fingerprint density at radius 3 is 2.50 bits per heavy atom. The van der Waals surface area contributed by atoms with E-state index in [0.717, 1.165) is 47.0 Å². The second-order valence-electron chi connectivity index (χ2n) is 9.54. The highest BCUT2D eigenvalue weighted by Gasteiger charge is 2.28. The number of fused-ring (bicyclic) bond motifs is 1. The van der Waals surface area contributed by atoms with Crippen molar-refractivity contribution in [2.24, 2.45) is 14.1 Å². The zero-order valence-corrected chi connectivity index (χ0v) is 22.0. The summed E-state index contributed by atoms with van der Waals surface area (Å²) < 4.78 is 3.77. The molecule has 0 aliphatic carbocycles. The van der Waals surface area contributed by atoms with Gasteiger partial charge in [-0.1, -0.05) is 12.1 Å². The van der Waals surface area contributed by atoms with Crippen LogP contribution in [0.5, 0.6) is 0 Å². The van der Waals surface area contributed by atoms with E-state index in [-0.39, 0.29) is 11.9 Å². The molecule has 11 heteroatoms. The maximum atomic E-state index is 13.1. The van der Waals surface area contributed by atoms with Crippen molar-refractivity contribution in [2.45, 2.75) is 19.5 Å². The highest BCUT2D eigenvalue weighted by molar-refractivity contribution is 5.94. The molecular weight excluding hydrogens is 482 g/mol. The van der Waals surface area contributed by atoms with Crippen LogP contribution in [0, 0.1) is 0 Å². The molecule has 0 saturated heterocycles. The van der Waals surface area contributed by atoms with Gasteiger partial charge >= 0.3 is 6.03 Å². The van der Waals surface area contributed by atoms with Gasteiger partial charge in [-0.05, 0) is 29.8 Å². The van der Waals surface area contributed by atoms with Gasteiger partial charge in [-0.3, -0.25) is 9.48 Å². The summed E-state index contributed by atoms with van der Waals surface area (Å²) in [6.07, 6.45) is 6.28. The molecule has 3 aromatic heterocycles. The van der Waals surface area contributed by atoms with Crippen LogP contribution in [0.3, 0.4) is 0 Å². The number of anilines is 2. The Labute approximate surface area is 221 Å². The Hall–Kier alpha value is -4.67. The lowest BCUT2D eigenvalue weighted by atomic mass is 10.0. The van der Waals surface area contributed by atoms with Crippen LogP contribution >= 0.6 is 0 Å². The number of nitrogens with zero attached hydrogens (tertiary/aromatic N) is 7. The van der Waals surface area contributed by atoms with Gasteiger partial charge in [-0.15, -0.1) is 0 Å². The summed E-state index contributed by atoms with van der Waals surface area (Å²) in [6, 6.07) is 11.2. The number of hydrogen-bond acceptors (Lipinski definition) is 6. The monoisotopic (exact) mass is 513 g/mol. The molecule has 4 heterocycles. The first kappa shape index (κ1) is 25.0. The largest absolute Gasteiger partial charge is 0.352 e. The van der Waals surface area contributed by atoms with Crippen molar-refractivity contribution < 1.29 is 9.59 Å². The van der Waals surface area contributed by atoms with Crippen LogP contribution in [0.15, 0.2) is 55.0 Å². The SMILES string of the molecule is CN(C)C(=O)Nc1ccc(CNC(=O)c2nn(C)c3c2CN(c2ccc(-c4nccn4C)cn2)CC3)cc1. The normalized spacial score (nSPS) is 12.7. The van der Waals surface area contributed by atoms with Gasteiger partial charge in [0.05, 0.1) is 0 Å². The lowest BCUT2D eigenvalue weighted by Crippen LogP contribution is -2.33. The van der Waals surface area contributed by atoms with E-state index < -0.39 is 0 Å². The first-order valence-corrected chi connectivity index (χ1v) is 12.4. The molecule has 2 N–H and O–H groups in total. The number of amides is 3. The topological polar surface area (TPSA) is 113 Å². The fourth-order valence-corrected chi connectivity index (χ4v) is 4.53. The van der Waals surface area contributed by atoms with E-state index >= 15 is 0 Å². The molecule has 0 radical (unpaired) electrons. The van der Waals surface area contributed by atoms with Gasteiger partial charge in [0.25, 0.3) is 5.91 Å². The van der Waals surface area contributed by atoms with E-state index in [9.17, 15) is 9.59 Å². The van der Waals surface area contributed by atoms with Crippen LogP contribution in [0.4, 0.5) is 16.3 Å². The number of aromatic nitrogens is 5. The molecule has 0 atom stereocenters. The van der Waals surface area contributed by atoms with Crippen molar-refractivity contribution in [1.82, 2.24) is 34.5 Å². The summed E-state index contributed by atoms with van der Waals surface area (Å²) in [6.45, 7) is 1.70. The Morgan fingerprint density at radius 2 is 1.84 bits per heavy atom. The Balaban J connectivity index is 1.25. The number of carbonyl (C=O) groups is 2. The molecule has 3 amide bonds. The van der Waals surface area contributed by atoms with Crippen LogP contribution < -0.4 is 15.5 Å². The van der Waals surface area contributed by atoms with E-state index in [1.165, 1.54) is 4.90 Å². The minimum Gasteiger partial charge on any atom is -0.352 e. The third-order valence-corrected chi connectivity index (χ3v) is 6.67. The molecular formula is C27H31N9O2. The fourth-order valence-electron chi connectivity index (χ4n) is 4.53. The average Bonchev–Trinajstić information content (AvgIpc) is 3.50.